The average Bonchev–Trinajstić information content (AvgIpc) is 3.23. The van der Waals surface area contributed by atoms with Crippen LogP contribution in [0, 0.1) is 17.7 Å². The summed E-state index contributed by atoms with van der Waals surface area (Å²) in [6.07, 6.45) is 5.14. The zero-order valence-electron chi connectivity index (χ0n) is 25.7. The molecular weight excluding hydrogens is 589 g/mol. The molecule has 5 heterocycles. The molecular formula is C36H38FN3O6. The van der Waals surface area contributed by atoms with E-state index in [1.54, 1.807) is 12.1 Å². The first-order chi connectivity index (χ1) is 22.6. The molecule has 0 N–H and O–H groups in total. The largest absolute Gasteiger partial charge is 0.473 e. The molecule has 2 aromatic carbocycles. The number of pyridine rings is 1. The fourth-order valence-corrected chi connectivity index (χ4v) is 7.47. The zero-order chi connectivity index (χ0) is 31.0. The van der Waals surface area contributed by atoms with Crippen LogP contribution in [0.15, 0.2) is 48.5 Å². The van der Waals surface area contributed by atoms with Gasteiger partial charge in [0.05, 0.1) is 55.8 Å². The Hall–Kier alpha value is -3.86. The molecule has 0 amide bonds. The van der Waals surface area contributed by atoms with E-state index in [1.165, 1.54) is 0 Å². The number of carbonyl (C=O) groups excluding carboxylic acids is 1. The summed E-state index contributed by atoms with van der Waals surface area (Å²) in [5.41, 5.74) is 5.51. The number of nitrogens with zero attached hydrogens (tertiary/aromatic N) is 3. The number of rotatable bonds is 10. The van der Waals surface area contributed by atoms with Gasteiger partial charge in [0.25, 0.3) is 6.47 Å². The van der Waals surface area contributed by atoms with E-state index in [0.29, 0.717) is 61.9 Å². The molecule has 8 rings (SSSR count). The molecule has 3 aliphatic heterocycles. The van der Waals surface area contributed by atoms with Crippen LogP contribution in [-0.2, 0) is 45.2 Å². The molecule has 240 valence electrons. The molecule has 3 fully saturated rings. The van der Waals surface area contributed by atoms with E-state index in [0.717, 1.165) is 78.9 Å². The summed E-state index contributed by atoms with van der Waals surface area (Å²) in [6.45, 7) is 4.64. The SMILES string of the molecule is O=COc1ccc2nc(CC3CC[C@H]4c5nc(OCc6ccc(C7COC7)cc6F)ccc5COC[C@H]4C3)n(C[C@@H]3CCO3)c2c1. The molecule has 1 saturated carbocycles. The Morgan fingerprint density at radius 1 is 1.00 bits per heavy atom. The molecule has 10 heteroatoms. The van der Waals surface area contributed by atoms with Gasteiger partial charge in [-0.15, -0.1) is 0 Å². The molecule has 0 bridgehead atoms. The predicted octanol–water partition coefficient (Wildman–Crippen LogP) is 5.86. The lowest BCUT2D eigenvalue weighted by atomic mass is 9.71. The Morgan fingerprint density at radius 3 is 2.70 bits per heavy atom. The van der Waals surface area contributed by atoms with Crippen LogP contribution in [0.25, 0.3) is 11.0 Å². The molecule has 4 aromatic rings. The topological polar surface area (TPSA) is 93.9 Å². The smallest absolute Gasteiger partial charge is 0.298 e. The fourth-order valence-electron chi connectivity index (χ4n) is 7.47. The lowest BCUT2D eigenvalue weighted by Crippen LogP contribution is -2.32. The van der Waals surface area contributed by atoms with Crippen LogP contribution in [0.4, 0.5) is 4.39 Å². The first kappa shape index (κ1) is 29.5. The van der Waals surface area contributed by atoms with Gasteiger partial charge in [-0.3, -0.25) is 4.79 Å². The maximum absolute atomic E-state index is 14.8. The van der Waals surface area contributed by atoms with Gasteiger partial charge in [-0.1, -0.05) is 12.1 Å². The van der Waals surface area contributed by atoms with Crippen molar-refractivity contribution in [3.63, 3.8) is 0 Å². The predicted molar refractivity (Wildman–Crippen MR) is 166 cm³/mol. The fraction of sp³-hybridized carbons (Fsp3) is 0.472. The third-order valence-electron chi connectivity index (χ3n) is 10.2. The minimum atomic E-state index is -0.255. The van der Waals surface area contributed by atoms with Crippen molar-refractivity contribution in [1.82, 2.24) is 14.5 Å². The van der Waals surface area contributed by atoms with Crippen molar-refractivity contribution >= 4 is 17.5 Å². The highest BCUT2D eigenvalue weighted by atomic mass is 19.1. The molecule has 1 unspecified atom stereocenters. The maximum atomic E-state index is 14.8. The van der Waals surface area contributed by atoms with Gasteiger partial charge in [0.1, 0.15) is 24.0 Å². The van der Waals surface area contributed by atoms with Gasteiger partial charge < -0.3 is 28.3 Å². The summed E-state index contributed by atoms with van der Waals surface area (Å²) in [5.74, 6) is 3.16. The third-order valence-corrected chi connectivity index (χ3v) is 10.2. The van der Waals surface area contributed by atoms with Gasteiger partial charge in [-0.25, -0.2) is 14.4 Å². The number of fused-ring (bicyclic) bond motifs is 4. The number of halogens is 1. The van der Waals surface area contributed by atoms with Crippen molar-refractivity contribution in [3.05, 3.63) is 82.6 Å². The number of ether oxygens (including phenoxy) is 5. The summed E-state index contributed by atoms with van der Waals surface area (Å²) in [4.78, 5) is 21.0. The van der Waals surface area contributed by atoms with Crippen LogP contribution in [0.5, 0.6) is 11.6 Å². The Kier molecular flexibility index (Phi) is 8.18. The molecule has 4 aliphatic rings. The van der Waals surface area contributed by atoms with E-state index in [9.17, 15) is 9.18 Å². The molecule has 0 spiro atoms. The lowest BCUT2D eigenvalue weighted by molar-refractivity contribution is -0.120. The van der Waals surface area contributed by atoms with Crippen LogP contribution in [0.1, 0.15) is 65.7 Å². The summed E-state index contributed by atoms with van der Waals surface area (Å²) in [7, 11) is 0. The van der Waals surface area contributed by atoms with Crippen molar-refractivity contribution in [3.8, 4) is 11.6 Å². The Bertz CT molecular complexity index is 1730. The second-order valence-electron chi connectivity index (χ2n) is 13.1. The maximum Gasteiger partial charge on any atom is 0.298 e. The van der Waals surface area contributed by atoms with Crippen LogP contribution in [-0.4, -0.2) is 53.5 Å². The Morgan fingerprint density at radius 2 is 1.91 bits per heavy atom. The monoisotopic (exact) mass is 627 g/mol. The first-order valence-electron chi connectivity index (χ1n) is 16.4. The zero-order valence-corrected chi connectivity index (χ0v) is 25.7. The van der Waals surface area contributed by atoms with Crippen molar-refractivity contribution in [2.75, 3.05) is 26.4 Å². The number of hydrogen-bond donors (Lipinski definition) is 0. The molecule has 2 aromatic heterocycles. The second kappa shape index (κ2) is 12.7. The molecule has 46 heavy (non-hydrogen) atoms. The van der Waals surface area contributed by atoms with Crippen molar-refractivity contribution < 1.29 is 32.9 Å². The highest BCUT2D eigenvalue weighted by Gasteiger charge is 2.36. The first-order valence-corrected chi connectivity index (χ1v) is 16.4. The minimum Gasteiger partial charge on any atom is -0.473 e. The quantitative estimate of drug-likeness (QED) is 0.202. The van der Waals surface area contributed by atoms with Gasteiger partial charge >= 0.3 is 0 Å². The summed E-state index contributed by atoms with van der Waals surface area (Å²) in [5, 5.41) is 0. The second-order valence-corrected chi connectivity index (χ2v) is 13.1. The normalized spacial score (nSPS) is 24.3. The van der Waals surface area contributed by atoms with Crippen LogP contribution in [0.2, 0.25) is 0 Å². The van der Waals surface area contributed by atoms with E-state index < -0.39 is 0 Å². The highest BCUT2D eigenvalue weighted by molar-refractivity contribution is 5.78. The van der Waals surface area contributed by atoms with Crippen LogP contribution < -0.4 is 9.47 Å². The summed E-state index contributed by atoms with van der Waals surface area (Å²) in [6, 6.07) is 14.9. The van der Waals surface area contributed by atoms with Gasteiger partial charge in [0.15, 0.2) is 0 Å². The summed E-state index contributed by atoms with van der Waals surface area (Å²) >= 11 is 0. The molecule has 2 saturated heterocycles. The van der Waals surface area contributed by atoms with Gasteiger partial charge in [0, 0.05) is 42.6 Å². The lowest BCUT2D eigenvalue weighted by Gasteiger charge is -2.35. The Balaban J connectivity index is 0.969. The van der Waals surface area contributed by atoms with Crippen molar-refractivity contribution in [2.24, 2.45) is 11.8 Å². The van der Waals surface area contributed by atoms with E-state index in [-0.39, 0.29) is 30.4 Å². The van der Waals surface area contributed by atoms with Gasteiger partial charge in [-0.2, -0.15) is 0 Å². The minimum absolute atomic E-state index is 0.126. The molecule has 9 nitrogen and oxygen atoms in total. The number of aromatic nitrogens is 3. The number of hydrogen-bond acceptors (Lipinski definition) is 8. The standard InChI is InChI=1S/C36H38FN3O6/c37-31-13-23(27-18-43-19-27)2-3-24(31)20-45-35-8-4-25-16-42-17-26-11-22(1-6-30(26)36(25)39-35)12-34-38-32-7-5-28(46-21-41)14-33(32)40(34)15-29-9-10-44-29/h2-5,7-8,13-14,21-22,26-27,29-30H,1,6,9-12,15-20H2/t22?,26-,29+,30-/m1/s1. The van der Waals surface area contributed by atoms with E-state index in [4.69, 9.17) is 33.7 Å². The highest BCUT2D eigenvalue weighted by Crippen LogP contribution is 2.44. The number of imidazole rings is 1. The average molecular weight is 628 g/mol. The van der Waals surface area contributed by atoms with Crippen LogP contribution >= 0.6 is 0 Å². The number of carbonyl (C=O) groups is 1. The third kappa shape index (κ3) is 5.89. The van der Waals surface area contributed by atoms with Gasteiger partial charge in [0.2, 0.25) is 5.88 Å². The van der Waals surface area contributed by atoms with Crippen LogP contribution in [0.3, 0.4) is 0 Å². The van der Waals surface area contributed by atoms with E-state index in [1.807, 2.05) is 30.3 Å². The number of benzene rings is 2. The van der Waals surface area contributed by atoms with E-state index >= 15 is 0 Å². The van der Waals surface area contributed by atoms with Crippen molar-refractivity contribution in [2.45, 2.75) is 69.8 Å². The van der Waals surface area contributed by atoms with Crippen molar-refractivity contribution in [1.29, 1.82) is 0 Å². The van der Waals surface area contributed by atoms with E-state index in [2.05, 4.69) is 10.6 Å². The summed E-state index contributed by atoms with van der Waals surface area (Å²) < 4.78 is 45.5. The van der Waals surface area contributed by atoms with Gasteiger partial charge in [-0.05, 0) is 72.9 Å². The Labute approximate surface area is 267 Å². The molecule has 1 aliphatic carbocycles. The molecule has 0 radical (unpaired) electrons. The molecule has 4 atom stereocenters.